The summed E-state index contributed by atoms with van der Waals surface area (Å²) in [6, 6.07) is 0. The van der Waals surface area contributed by atoms with Gasteiger partial charge in [0.25, 0.3) is 0 Å². The standard InChI is InChI=1S/C27H48O2/c1-18(2)9-8-10-19(3)21-11-12-22-20-17-24(28)27(29)15-7-6-14-26(27,5)23(20)13-16-25(21,22)4/h18-24,28-29H,6-17H2,1-5H3/t19-,20-,21-,22+,23+,24-,25+,26+,27-/m0/s1. The second-order valence-electron chi connectivity index (χ2n) is 12.7. The maximum atomic E-state index is 11.6. The first kappa shape index (κ1) is 22.1. The fourth-order valence-electron chi connectivity index (χ4n) is 9.33. The number of rotatable bonds is 5. The van der Waals surface area contributed by atoms with E-state index in [0.29, 0.717) is 17.3 Å². The van der Waals surface area contributed by atoms with Gasteiger partial charge >= 0.3 is 0 Å². The van der Waals surface area contributed by atoms with E-state index in [0.717, 1.165) is 49.4 Å². The Balaban J connectivity index is 1.53. The molecule has 4 saturated carbocycles. The monoisotopic (exact) mass is 404 g/mol. The van der Waals surface area contributed by atoms with Gasteiger partial charge in [-0.15, -0.1) is 0 Å². The Hall–Kier alpha value is -0.0800. The van der Waals surface area contributed by atoms with Crippen LogP contribution in [-0.2, 0) is 0 Å². The van der Waals surface area contributed by atoms with Crippen molar-refractivity contribution in [2.24, 2.45) is 46.3 Å². The van der Waals surface area contributed by atoms with Crippen LogP contribution >= 0.6 is 0 Å². The summed E-state index contributed by atoms with van der Waals surface area (Å²) in [4.78, 5) is 0. The third-order valence-electron chi connectivity index (χ3n) is 11.0. The van der Waals surface area contributed by atoms with Gasteiger partial charge in [0.2, 0.25) is 0 Å². The molecular weight excluding hydrogens is 356 g/mol. The molecule has 0 unspecified atom stereocenters. The molecule has 4 aliphatic carbocycles. The van der Waals surface area contributed by atoms with Crippen molar-refractivity contribution in [3.63, 3.8) is 0 Å². The van der Waals surface area contributed by atoms with Crippen LogP contribution in [0.1, 0.15) is 112 Å². The quantitative estimate of drug-likeness (QED) is 0.543. The van der Waals surface area contributed by atoms with Gasteiger partial charge in [-0.25, -0.2) is 0 Å². The van der Waals surface area contributed by atoms with Gasteiger partial charge in [-0.3, -0.25) is 0 Å². The van der Waals surface area contributed by atoms with Crippen molar-refractivity contribution in [1.29, 1.82) is 0 Å². The lowest BCUT2D eigenvalue weighted by atomic mass is 9.42. The molecule has 0 aliphatic heterocycles. The highest BCUT2D eigenvalue weighted by molar-refractivity contribution is 5.16. The molecule has 0 spiro atoms. The average molecular weight is 405 g/mol. The minimum Gasteiger partial charge on any atom is -0.390 e. The predicted molar refractivity (Wildman–Crippen MR) is 121 cm³/mol. The molecule has 0 aromatic heterocycles. The van der Waals surface area contributed by atoms with Crippen molar-refractivity contribution in [1.82, 2.24) is 0 Å². The Bertz CT molecular complexity index is 587. The number of aliphatic hydroxyl groups is 2. The molecule has 2 nitrogen and oxygen atoms in total. The number of fused-ring (bicyclic) bond motifs is 5. The van der Waals surface area contributed by atoms with Crippen LogP contribution in [0.3, 0.4) is 0 Å². The van der Waals surface area contributed by atoms with E-state index in [1.807, 2.05) is 0 Å². The molecule has 2 heteroatoms. The first-order chi connectivity index (χ1) is 13.6. The molecule has 4 rings (SSSR count). The van der Waals surface area contributed by atoms with Crippen molar-refractivity contribution in [3.8, 4) is 0 Å². The minimum absolute atomic E-state index is 0.0735. The van der Waals surface area contributed by atoms with E-state index >= 15 is 0 Å². The van der Waals surface area contributed by atoms with E-state index in [1.54, 1.807) is 0 Å². The lowest BCUT2D eigenvalue weighted by Gasteiger charge is -2.65. The molecule has 168 valence electrons. The van der Waals surface area contributed by atoms with Crippen molar-refractivity contribution in [2.45, 2.75) is 123 Å². The van der Waals surface area contributed by atoms with E-state index in [2.05, 4.69) is 34.6 Å². The summed E-state index contributed by atoms with van der Waals surface area (Å²) in [5.41, 5.74) is -0.448. The van der Waals surface area contributed by atoms with Gasteiger partial charge in [0.05, 0.1) is 11.7 Å². The maximum Gasteiger partial charge on any atom is 0.0961 e. The summed E-state index contributed by atoms with van der Waals surface area (Å²) >= 11 is 0. The van der Waals surface area contributed by atoms with E-state index in [1.165, 1.54) is 51.4 Å². The third kappa shape index (κ3) is 3.34. The van der Waals surface area contributed by atoms with Gasteiger partial charge < -0.3 is 10.2 Å². The van der Waals surface area contributed by atoms with E-state index in [9.17, 15) is 10.2 Å². The van der Waals surface area contributed by atoms with E-state index in [4.69, 9.17) is 0 Å². The first-order valence-electron chi connectivity index (χ1n) is 13.0. The topological polar surface area (TPSA) is 40.5 Å². The first-order valence-corrected chi connectivity index (χ1v) is 13.0. The smallest absolute Gasteiger partial charge is 0.0961 e. The number of hydrogen-bond acceptors (Lipinski definition) is 2. The van der Waals surface area contributed by atoms with Crippen molar-refractivity contribution < 1.29 is 10.2 Å². The highest BCUT2D eigenvalue weighted by Gasteiger charge is 2.66. The van der Waals surface area contributed by atoms with Crippen LogP contribution in [0.25, 0.3) is 0 Å². The maximum absolute atomic E-state index is 11.6. The Morgan fingerprint density at radius 1 is 0.897 bits per heavy atom. The molecule has 4 fully saturated rings. The predicted octanol–water partition coefficient (Wildman–Crippen LogP) is 6.58. The lowest BCUT2D eigenvalue weighted by Crippen LogP contribution is -2.67. The fourth-order valence-corrected chi connectivity index (χ4v) is 9.33. The molecule has 0 heterocycles. The lowest BCUT2D eigenvalue weighted by molar-refractivity contribution is -0.253. The van der Waals surface area contributed by atoms with Gasteiger partial charge in [0.15, 0.2) is 0 Å². The molecule has 4 aliphatic rings. The van der Waals surface area contributed by atoms with Crippen LogP contribution in [0.5, 0.6) is 0 Å². The zero-order valence-corrected chi connectivity index (χ0v) is 19.9. The molecule has 0 saturated heterocycles. The highest BCUT2D eigenvalue weighted by Crippen LogP contribution is 2.69. The van der Waals surface area contributed by atoms with Gasteiger partial charge in [-0.05, 0) is 85.9 Å². The number of aliphatic hydroxyl groups excluding tert-OH is 1. The molecule has 0 aromatic rings. The SMILES string of the molecule is CC(C)CCC[C@H](C)[C@@H]1CC[C@@H]2[C@@H]3C[C@H](O)[C@@]4(O)CCCC[C@]4(C)[C@@H]3CC[C@@]21C. The summed E-state index contributed by atoms with van der Waals surface area (Å²) in [6.45, 7) is 12.2. The zero-order valence-electron chi connectivity index (χ0n) is 19.9. The van der Waals surface area contributed by atoms with Crippen LogP contribution in [0.4, 0.5) is 0 Å². The molecule has 0 aromatic carbocycles. The van der Waals surface area contributed by atoms with Crippen molar-refractivity contribution in [2.75, 3.05) is 0 Å². The van der Waals surface area contributed by atoms with Crippen LogP contribution in [0.15, 0.2) is 0 Å². The van der Waals surface area contributed by atoms with E-state index < -0.39 is 11.7 Å². The summed E-state index contributed by atoms with van der Waals surface area (Å²) in [7, 11) is 0. The molecule has 0 bridgehead atoms. The largest absolute Gasteiger partial charge is 0.390 e. The van der Waals surface area contributed by atoms with Crippen molar-refractivity contribution >= 4 is 0 Å². The molecule has 0 amide bonds. The minimum atomic E-state index is -0.831. The Morgan fingerprint density at radius 3 is 2.34 bits per heavy atom. The molecular formula is C27H48O2. The number of hydrogen-bond donors (Lipinski definition) is 2. The fraction of sp³-hybridized carbons (Fsp3) is 1.00. The van der Waals surface area contributed by atoms with Crippen LogP contribution in [0, 0.1) is 46.3 Å². The van der Waals surface area contributed by atoms with Gasteiger partial charge in [-0.1, -0.05) is 66.7 Å². The summed E-state index contributed by atoms with van der Waals surface area (Å²) < 4.78 is 0. The molecule has 29 heavy (non-hydrogen) atoms. The second kappa shape index (κ2) is 7.80. The third-order valence-corrected chi connectivity index (χ3v) is 11.0. The summed E-state index contributed by atoms with van der Waals surface area (Å²) in [5, 5.41) is 22.8. The van der Waals surface area contributed by atoms with Gasteiger partial charge in [0, 0.05) is 5.41 Å². The van der Waals surface area contributed by atoms with E-state index in [-0.39, 0.29) is 5.41 Å². The summed E-state index contributed by atoms with van der Waals surface area (Å²) in [5.74, 6) is 4.51. The highest BCUT2D eigenvalue weighted by atomic mass is 16.3. The van der Waals surface area contributed by atoms with Crippen LogP contribution in [0.2, 0.25) is 0 Å². The Labute approximate surface area is 180 Å². The second-order valence-corrected chi connectivity index (χ2v) is 12.7. The van der Waals surface area contributed by atoms with Gasteiger partial charge in [0.1, 0.15) is 0 Å². The molecule has 9 atom stereocenters. The molecule has 0 radical (unpaired) electrons. The summed E-state index contributed by atoms with van der Waals surface area (Å²) in [6.07, 6.45) is 14.1. The zero-order chi connectivity index (χ0) is 21.0. The average Bonchev–Trinajstić information content (AvgIpc) is 3.01. The van der Waals surface area contributed by atoms with Crippen molar-refractivity contribution in [3.05, 3.63) is 0 Å². The van der Waals surface area contributed by atoms with Gasteiger partial charge in [-0.2, -0.15) is 0 Å². The Morgan fingerprint density at radius 2 is 1.62 bits per heavy atom. The normalized spacial score (nSPS) is 50.7. The van der Waals surface area contributed by atoms with Crippen LogP contribution in [-0.4, -0.2) is 21.9 Å². The Kier molecular flexibility index (Phi) is 5.95. The molecule has 2 N–H and O–H groups in total. The van der Waals surface area contributed by atoms with Crippen LogP contribution < -0.4 is 0 Å².